The molecule has 0 aliphatic heterocycles. The van der Waals surface area contributed by atoms with E-state index in [9.17, 15) is 9.59 Å². The standard InChI is InChI=1S/C14H15N3O2/c1-10(18)13(11(2)19)14(17-9-15-8-16-17)12-6-4-3-5-7-12/h3-9,13-14H,1-2H3. The minimum atomic E-state index is -0.746. The van der Waals surface area contributed by atoms with Crippen LogP contribution in [0.4, 0.5) is 0 Å². The summed E-state index contributed by atoms with van der Waals surface area (Å²) in [4.78, 5) is 27.5. The summed E-state index contributed by atoms with van der Waals surface area (Å²) in [5.74, 6) is -1.09. The zero-order valence-corrected chi connectivity index (χ0v) is 10.9. The molecule has 0 saturated heterocycles. The van der Waals surface area contributed by atoms with Crippen LogP contribution in [0.5, 0.6) is 0 Å². The van der Waals surface area contributed by atoms with Gasteiger partial charge in [-0.3, -0.25) is 9.59 Å². The van der Waals surface area contributed by atoms with E-state index in [-0.39, 0.29) is 11.6 Å². The monoisotopic (exact) mass is 257 g/mol. The molecule has 2 rings (SSSR count). The molecular weight excluding hydrogens is 242 g/mol. The van der Waals surface area contributed by atoms with E-state index >= 15 is 0 Å². The van der Waals surface area contributed by atoms with E-state index in [4.69, 9.17) is 0 Å². The highest BCUT2D eigenvalue weighted by molar-refractivity contribution is 6.01. The van der Waals surface area contributed by atoms with E-state index in [0.717, 1.165) is 5.56 Å². The molecule has 0 aliphatic carbocycles. The van der Waals surface area contributed by atoms with Gasteiger partial charge in [-0.05, 0) is 19.4 Å². The van der Waals surface area contributed by atoms with Crippen molar-refractivity contribution >= 4 is 11.6 Å². The number of carbonyl (C=O) groups excluding carboxylic acids is 2. The van der Waals surface area contributed by atoms with Crippen LogP contribution in [0.3, 0.4) is 0 Å². The molecule has 0 aliphatic rings. The quantitative estimate of drug-likeness (QED) is 0.764. The molecule has 0 saturated carbocycles. The van der Waals surface area contributed by atoms with Crippen molar-refractivity contribution < 1.29 is 9.59 Å². The smallest absolute Gasteiger partial charge is 0.142 e. The van der Waals surface area contributed by atoms with Gasteiger partial charge >= 0.3 is 0 Å². The zero-order valence-electron chi connectivity index (χ0n) is 10.9. The molecule has 5 heteroatoms. The highest BCUT2D eigenvalue weighted by atomic mass is 16.1. The lowest BCUT2D eigenvalue weighted by Gasteiger charge is -2.23. The van der Waals surface area contributed by atoms with Gasteiger partial charge in [-0.2, -0.15) is 5.10 Å². The van der Waals surface area contributed by atoms with Crippen LogP contribution in [-0.2, 0) is 9.59 Å². The Bertz CT molecular complexity index is 550. The minimum Gasteiger partial charge on any atom is -0.299 e. The maximum atomic E-state index is 11.8. The fraction of sp³-hybridized carbons (Fsp3) is 0.286. The van der Waals surface area contributed by atoms with Crippen molar-refractivity contribution in [1.82, 2.24) is 14.8 Å². The summed E-state index contributed by atoms with van der Waals surface area (Å²) >= 11 is 0. The molecule has 2 aromatic rings. The second kappa shape index (κ2) is 5.56. The Balaban J connectivity index is 2.52. The first-order valence-electron chi connectivity index (χ1n) is 6.01. The van der Waals surface area contributed by atoms with Gasteiger partial charge in [-0.25, -0.2) is 9.67 Å². The first kappa shape index (κ1) is 13.1. The van der Waals surface area contributed by atoms with E-state index < -0.39 is 12.0 Å². The van der Waals surface area contributed by atoms with Crippen LogP contribution in [0.1, 0.15) is 25.5 Å². The maximum absolute atomic E-state index is 11.8. The van der Waals surface area contributed by atoms with Gasteiger partial charge in [0.15, 0.2) is 0 Å². The van der Waals surface area contributed by atoms with Crippen LogP contribution < -0.4 is 0 Å². The molecule has 1 unspecified atom stereocenters. The average molecular weight is 257 g/mol. The second-order valence-corrected chi connectivity index (χ2v) is 4.43. The number of ketones is 2. The Hall–Kier alpha value is -2.30. The zero-order chi connectivity index (χ0) is 13.8. The van der Waals surface area contributed by atoms with E-state index in [1.54, 1.807) is 4.68 Å². The molecular formula is C14H15N3O2. The van der Waals surface area contributed by atoms with Crippen molar-refractivity contribution in [2.45, 2.75) is 19.9 Å². The minimum absolute atomic E-state index is 0.170. The molecule has 1 atom stereocenters. The number of Topliss-reactive ketones (excluding diaryl/α,β-unsaturated/α-hetero) is 2. The number of hydrogen-bond donors (Lipinski definition) is 0. The lowest BCUT2D eigenvalue weighted by Crippen LogP contribution is -2.31. The maximum Gasteiger partial charge on any atom is 0.142 e. The van der Waals surface area contributed by atoms with E-state index in [1.807, 2.05) is 30.3 Å². The molecule has 5 nitrogen and oxygen atoms in total. The van der Waals surface area contributed by atoms with Crippen molar-refractivity contribution in [3.8, 4) is 0 Å². The Labute approximate surface area is 111 Å². The van der Waals surface area contributed by atoms with Gasteiger partial charge in [0.25, 0.3) is 0 Å². The molecule has 0 fully saturated rings. The average Bonchev–Trinajstić information content (AvgIpc) is 2.89. The summed E-state index contributed by atoms with van der Waals surface area (Å²) in [5, 5.41) is 4.08. The first-order valence-corrected chi connectivity index (χ1v) is 6.01. The van der Waals surface area contributed by atoms with Gasteiger partial charge in [0, 0.05) is 0 Å². The van der Waals surface area contributed by atoms with Crippen LogP contribution in [0.2, 0.25) is 0 Å². The van der Waals surface area contributed by atoms with Crippen molar-refractivity contribution in [1.29, 1.82) is 0 Å². The number of hydrogen-bond acceptors (Lipinski definition) is 4. The van der Waals surface area contributed by atoms with Gasteiger partial charge in [-0.1, -0.05) is 30.3 Å². The Morgan fingerprint density at radius 1 is 1.11 bits per heavy atom. The summed E-state index contributed by atoms with van der Waals surface area (Å²) in [5.41, 5.74) is 0.864. The van der Waals surface area contributed by atoms with Gasteiger partial charge in [0.05, 0.1) is 6.04 Å². The number of rotatable bonds is 5. The molecule has 1 heterocycles. The highest BCUT2D eigenvalue weighted by Gasteiger charge is 2.32. The van der Waals surface area contributed by atoms with Gasteiger partial charge in [-0.15, -0.1) is 0 Å². The third-order valence-electron chi connectivity index (χ3n) is 3.05. The Morgan fingerprint density at radius 2 is 1.74 bits per heavy atom. The van der Waals surface area contributed by atoms with Crippen molar-refractivity contribution in [3.63, 3.8) is 0 Å². The molecule has 0 spiro atoms. The summed E-state index contributed by atoms with van der Waals surface area (Å²) in [6, 6.07) is 8.95. The third kappa shape index (κ3) is 2.76. The molecule has 0 radical (unpaired) electrons. The molecule has 1 aromatic heterocycles. The second-order valence-electron chi connectivity index (χ2n) is 4.43. The van der Waals surface area contributed by atoms with Gasteiger partial charge in [0.1, 0.15) is 30.1 Å². The predicted molar refractivity (Wildman–Crippen MR) is 69.5 cm³/mol. The number of benzene rings is 1. The van der Waals surface area contributed by atoms with Crippen molar-refractivity contribution in [2.75, 3.05) is 0 Å². The van der Waals surface area contributed by atoms with E-state index in [1.165, 1.54) is 26.5 Å². The normalized spacial score (nSPS) is 12.4. The van der Waals surface area contributed by atoms with Crippen molar-refractivity contribution in [3.05, 3.63) is 48.5 Å². The Morgan fingerprint density at radius 3 is 2.21 bits per heavy atom. The number of aromatic nitrogens is 3. The van der Waals surface area contributed by atoms with Gasteiger partial charge < -0.3 is 0 Å². The summed E-state index contributed by atoms with van der Waals surface area (Å²) in [6.07, 6.45) is 2.92. The fourth-order valence-corrected chi connectivity index (χ4v) is 2.24. The van der Waals surface area contributed by atoms with Crippen LogP contribution in [0, 0.1) is 5.92 Å². The lowest BCUT2D eigenvalue weighted by molar-refractivity contribution is -0.131. The third-order valence-corrected chi connectivity index (χ3v) is 3.05. The predicted octanol–water partition coefficient (Wildman–Crippen LogP) is 1.66. The van der Waals surface area contributed by atoms with Crippen molar-refractivity contribution in [2.24, 2.45) is 5.92 Å². The Kier molecular flexibility index (Phi) is 3.85. The van der Waals surface area contributed by atoms with E-state index in [0.29, 0.717) is 0 Å². The van der Waals surface area contributed by atoms with E-state index in [2.05, 4.69) is 10.1 Å². The highest BCUT2D eigenvalue weighted by Crippen LogP contribution is 2.27. The molecule has 1 aromatic carbocycles. The summed E-state index contributed by atoms with van der Waals surface area (Å²) in [6.45, 7) is 2.86. The fourth-order valence-electron chi connectivity index (χ4n) is 2.24. The summed E-state index contributed by atoms with van der Waals surface area (Å²) < 4.78 is 1.56. The SMILES string of the molecule is CC(=O)C(C(C)=O)C(c1ccccc1)n1cncn1. The van der Waals surface area contributed by atoms with Crippen LogP contribution in [0.15, 0.2) is 43.0 Å². The first-order chi connectivity index (χ1) is 9.11. The van der Waals surface area contributed by atoms with Crippen LogP contribution in [-0.4, -0.2) is 26.3 Å². The number of carbonyl (C=O) groups is 2. The topological polar surface area (TPSA) is 64.8 Å². The van der Waals surface area contributed by atoms with Crippen LogP contribution in [0.25, 0.3) is 0 Å². The number of nitrogens with zero attached hydrogens (tertiary/aromatic N) is 3. The lowest BCUT2D eigenvalue weighted by atomic mass is 9.87. The molecule has 0 bridgehead atoms. The molecule has 0 N–H and O–H groups in total. The van der Waals surface area contributed by atoms with Crippen LogP contribution >= 0.6 is 0 Å². The molecule has 98 valence electrons. The van der Waals surface area contributed by atoms with Gasteiger partial charge in [0.2, 0.25) is 0 Å². The largest absolute Gasteiger partial charge is 0.299 e. The summed E-state index contributed by atoms with van der Waals surface area (Å²) in [7, 11) is 0. The molecule has 0 amide bonds. The molecule has 19 heavy (non-hydrogen) atoms.